The molecule has 23 heavy (non-hydrogen) atoms. The van der Waals surface area contributed by atoms with Crippen LogP contribution in [0.1, 0.15) is 11.1 Å². The number of carbonyl (C=O) groups is 1. The van der Waals surface area contributed by atoms with E-state index in [1.165, 1.54) is 0 Å². The number of aromatic nitrogens is 1. The van der Waals surface area contributed by atoms with Crippen LogP contribution < -0.4 is 10.1 Å². The van der Waals surface area contributed by atoms with Gasteiger partial charge in [-0.3, -0.25) is 4.79 Å². The van der Waals surface area contributed by atoms with Gasteiger partial charge in [0, 0.05) is 22.1 Å². The number of anilines is 1. The highest BCUT2D eigenvalue weighted by atomic mass is 35.5. The first-order valence-corrected chi connectivity index (χ1v) is 7.64. The van der Waals surface area contributed by atoms with Crippen LogP contribution in [0.25, 0.3) is 10.9 Å². The first kappa shape index (κ1) is 15.4. The Morgan fingerprint density at radius 1 is 1.26 bits per heavy atom. The molecule has 2 N–H and O–H groups in total. The molecule has 0 fully saturated rings. The highest BCUT2D eigenvalue weighted by Crippen LogP contribution is 2.26. The normalized spacial score (nSPS) is 10.7. The van der Waals surface area contributed by atoms with Crippen molar-refractivity contribution < 1.29 is 9.53 Å². The van der Waals surface area contributed by atoms with E-state index in [1.54, 1.807) is 7.11 Å². The Balaban J connectivity index is 1.80. The number of halogens is 1. The number of hydrogen-bond donors (Lipinski definition) is 2. The third kappa shape index (κ3) is 3.32. The van der Waals surface area contributed by atoms with Crippen LogP contribution in [0.3, 0.4) is 0 Å². The average molecular weight is 329 g/mol. The number of carbonyl (C=O) groups excluding carboxylic acids is 1. The summed E-state index contributed by atoms with van der Waals surface area (Å²) in [6.45, 7) is 1.97. The Kier molecular flexibility index (Phi) is 4.26. The van der Waals surface area contributed by atoms with E-state index in [0.29, 0.717) is 16.5 Å². The van der Waals surface area contributed by atoms with Crippen LogP contribution in [0.4, 0.5) is 5.69 Å². The fourth-order valence-electron chi connectivity index (χ4n) is 2.59. The number of fused-ring (bicyclic) bond motifs is 1. The quantitative estimate of drug-likeness (QED) is 0.749. The molecule has 0 bridgehead atoms. The highest BCUT2D eigenvalue weighted by molar-refractivity contribution is 6.31. The Morgan fingerprint density at radius 3 is 2.87 bits per heavy atom. The average Bonchev–Trinajstić information content (AvgIpc) is 2.89. The van der Waals surface area contributed by atoms with Crippen LogP contribution >= 0.6 is 11.6 Å². The van der Waals surface area contributed by atoms with Crippen LogP contribution in [0.15, 0.2) is 42.6 Å². The molecule has 3 rings (SSSR count). The maximum Gasteiger partial charge on any atom is 0.228 e. The van der Waals surface area contributed by atoms with Gasteiger partial charge in [-0.15, -0.1) is 0 Å². The number of rotatable bonds is 4. The van der Waals surface area contributed by atoms with Crippen LogP contribution in [-0.4, -0.2) is 18.0 Å². The first-order chi connectivity index (χ1) is 11.1. The van der Waals surface area contributed by atoms with E-state index < -0.39 is 0 Å². The number of aryl methyl sites for hydroxylation is 1. The summed E-state index contributed by atoms with van der Waals surface area (Å²) in [4.78, 5) is 15.5. The summed E-state index contributed by atoms with van der Waals surface area (Å²) in [5, 5.41) is 4.58. The maximum absolute atomic E-state index is 12.4. The van der Waals surface area contributed by atoms with Crippen molar-refractivity contribution in [3.05, 3.63) is 58.7 Å². The van der Waals surface area contributed by atoms with Gasteiger partial charge in [-0.1, -0.05) is 23.7 Å². The van der Waals surface area contributed by atoms with Gasteiger partial charge in [0.15, 0.2) is 0 Å². The second-order valence-corrected chi connectivity index (χ2v) is 5.87. The Labute approximate surface area is 139 Å². The zero-order chi connectivity index (χ0) is 16.4. The van der Waals surface area contributed by atoms with Crippen LogP contribution in [0.5, 0.6) is 5.75 Å². The smallest absolute Gasteiger partial charge is 0.228 e. The van der Waals surface area contributed by atoms with Crippen LogP contribution in [-0.2, 0) is 11.2 Å². The van der Waals surface area contributed by atoms with Crippen LogP contribution in [0.2, 0.25) is 5.02 Å². The molecule has 5 heteroatoms. The lowest BCUT2D eigenvalue weighted by Gasteiger charge is -2.11. The molecular weight excluding hydrogens is 312 g/mol. The zero-order valence-electron chi connectivity index (χ0n) is 12.9. The molecule has 118 valence electrons. The van der Waals surface area contributed by atoms with Crippen molar-refractivity contribution in [3.63, 3.8) is 0 Å². The molecule has 0 aliphatic heterocycles. The number of H-pyrrole nitrogens is 1. The van der Waals surface area contributed by atoms with Gasteiger partial charge in [0.1, 0.15) is 5.75 Å². The second-order valence-electron chi connectivity index (χ2n) is 5.43. The fraction of sp³-hybridized carbons (Fsp3) is 0.167. The van der Waals surface area contributed by atoms with E-state index in [4.69, 9.17) is 16.3 Å². The summed E-state index contributed by atoms with van der Waals surface area (Å²) in [6, 6.07) is 11.3. The molecule has 1 aromatic heterocycles. The number of ether oxygens (including phenoxy) is 1. The van der Waals surface area contributed by atoms with E-state index in [-0.39, 0.29) is 12.3 Å². The lowest BCUT2D eigenvalue weighted by molar-refractivity contribution is -0.115. The fourth-order valence-corrected chi connectivity index (χ4v) is 2.76. The number of methoxy groups -OCH3 is 1. The highest BCUT2D eigenvalue weighted by Gasteiger charge is 2.12. The predicted octanol–water partition coefficient (Wildman–Crippen LogP) is 4.32. The standard InChI is InChI=1S/C18H17ClN2O2/c1-11-3-6-17(23-2)16(7-11)21-18(22)8-12-10-20-15-9-13(19)4-5-14(12)15/h3-7,9-10,20H,8H2,1-2H3,(H,21,22). The van der Waals surface area contributed by atoms with Gasteiger partial charge < -0.3 is 15.0 Å². The molecule has 0 unspecified atom stereocenters. The van der Waals surface area contributed by atoms with Crippen molar-refractivity contribution in [2.24, 2.45) is 0 Å². The summed E-state index contributed by atoms with van der Waals surface area (Å²) in [5.74, 6) is 0.555. The number of amides is 1. The SMILES string of the molecule is COc1ccc(C)cc1NC(=O)Cc1c[nH]c2cc(Cl)ccc12. The van der Waals surface area contributed by atoms with Gasteiger partial charge in [-0.05, 0) is 42.3 Å². The molecule has 0 aliphatic carbocycles. The molecule has 1 amide bonds. The monoisotopic (exact) mass is 328 g/mol. The molecule has 1 heterocycles. The zero-order valence-corrected chi connectivity index (χ0v) is 13.7. The predicted molar refractivity (Wildman–Crippen MR) is 93.4 cm³/mol. The minimum absolute atomic E-state index is 0.0928. The van der Waals surface area contributed by atoms with Crippen molar-refractivity contribution in [1.29, 1.82) is 0 Å². The van der Waals surface area contributed by atoms with Crippen molar-refractivity contribution in [2.45, 2.75) is 13.3 Å². The maximum atomic E-state index is 12.4. The number of nitrogens with one attached hydrogen (secondary N) is 2. The minimum Gasteiger partial charge on any atom is -0.495 e. The third-order valence-electron chi connectivity index (χ3n) is 3.71. The van der Waals surface area contributed by atoms with Gasteiger partial charge in [-0.25, -0.2) is 0 Å². The van der Waals surface area contributed by atoms with Crippen molar-refractivity contribution in [2.75, 3.05) is 12.4 Å². The van der Waals surface area contributed by atoms with Gasteiger partial charge in [0.25, 0.3) is 0 Å². The van der Waals surface area contributed by atoms with Crippen molar-refractivity contribution >= 4 is 34.1 Å². The topological polar surface area (TPSA) is 54.1 Å². The molecule has 2 aromatic carbocycles. The second kappa shape index (κ2) is 6.34. The summed E-state index contributed by atoms with van der Waals surface area (Å²) in [7, 11) is 1.59. The summed E-state index contributed by atoms with van der Waals surface area (Å²) in [6.07, 6.45) is 2.12. The van der Waals surface area contributed by atoms with Gasteiger partial charge >= 0.3 is 0 Å². The lowest BCUT2D eigenvalue weighted by Crippen LogP contribution is -2.15. The van der Waals surface area contributed by atoms with Gasteiger partial charge in [0.2, 0.25) is 5.91 Å². The van der Waals surface area contributed by atoms with E-state index >= 15 is 0 Å². The van der Waals surface area contributed by atoms with E-state index in [2.05, 4.69) is 10.3 Å². The van der Waals surface area contributed by atoms with Gasteiger partial charge in [-0.2, -0.15) is 0 Å². The van der Waals surface area contributed by atoms with Crippen molar-refractivity contribution in [3.8, 4) is 5.75 Å². The lowest BCUT2D eigenvalue weighted by atomic mass is 10.1. The Bertz CT molecular complexity index is 871. The molecule has 0 radical (unpaired) electrons. The number of benzene rings is 2. The number of aromatic amines is 1. The number of hydrogen-bond acceptors (Lipinski definition) is 2. The molecule has 0 aliphatic rings. The van der Waals surface area contributed by atoms with Crippen molar-refractivity contribution in [1.82, 2.24) is 4.98 Å². The Morgan fingerprint density at radius 2 is 2.09 bits per heavy atom. The molecular formula is C18H17ClN2O2. The summed E-state index contributed by atoms with van der Waals surface area (Å²) < 4.78 is 5.28. The summed E-state index contributed by atoms with van der Waals surface area (Å²) in [5.41, 5.74) is 3.59. The van der Waals surface area contributed by atoms with E-state index in [1.807, 2.05) is 49.5 Å². The molecule has 0 atom stereocenters. The van der Waals surface area contributed by atoms with Crippen LogP contribution in [0, 0.1) is 6.92 Å². The molecule has 0 saturated carbocycles. The molecule has 3 aromatic rings. The Hall–Kier alpha value is -2.46. The minimum atomic E-state index is -0.0928. The molecule has 0 saturated heterocycles. The summed E-state index contributed by atoms with van der Waals surface area (Å²) >= 11 is 5.98. The third-order valence-corrected chi connectivity index (χ3v) is 3.94. The molecule has 0 spiro atoms. The van der Waals surface area contributed by atoms with E-state index in [0.717, 1.165) is 22.0 Å². The van der Waals surface area contributed by atoms with E-state index in [9.17, 15) is 4.79 Å². The molecule has 4 nitrogen and oxygen atoms in total. The largest absolute Gasteiger partial charge is 0.495 e. The first-order valence-electron chi connectivity index (χ1n) is 7.27. The van der Waals surface area contributed by atoms with Gasteiger partial charge in [0.05, 0.1) is 19.2 Å².